The summed E-state index contributed by atoms with van der Waals surface area (Å²) in [5, 5.41) is 3.47. The molecule has 88 valence electrons. The van der Waals surface area contributed by atoms with Crippen molar-refractivity contribution in [1.82, 2.24) is 0 Å². The fraction of sp³-hybridized carbons (Fsp3) is 0.125. The van der Waals surface area contributed by atoms with E-state index in [1.807, 2.05) is 0 Å². The van der Waals surface area contributed by atoms with Gasteiger partial charge in [-0.15, -0.1) is 0 Å². The molecule has 0 aliphatic carbocycles. The Hall–Kier alpha value is -0.490. The second kappa shape index (κ2) is 5.23. The zero-order chi connectivity index (χ0) is 12.3. The topological polar surface area (TPSA) is 55.7 Å². The maximum Gasteiger partial charge on any atom is 0.325 e. The normalized spacial score (nSPS) is 12.6. The van der Waals surface area contributed by atoms with Crippen LogP contribution in [0.3, 0.4) is 0 Å². The van der Waals surface area contributed by atoms with Gasteiger partial charge in [0, 0.05) is 0 Å². The summed E-state index contributed by atoms with van der Waals surface area (Å²) in [5.41, 5.74) is 0.219. The van der Waals surface area contributed by atoms with Crippen LogP contribution in [0.5, 0.6) is 0 Å². The van der Waals surface area contributed by atoms with Gasteiger partial charge in [0.25, 0.3) is 0 Å². The summed E-state index contributed by atoms with van der Waals surface area (Å²) in [6.45, 7) is 0. The molecule has 0 spiro atoms. The molecule has 1 rings (SSSR count). The van der Waals surface area contributed by atoms with Crippen LogP contribution >= 0.6 is 34.8 Å². The minimum atomic E-state index is -3.71. The Morgan fingerprint density at radius 3 is 2.25 bits per heavy atom. The Kier molecular flexibility index (Phi) is 4.43. The molecule has 1 aromatic carbocycles. The third-order valence-corrected chi connectivity index (χ3v) is 2.66. The van der Waals surface area contributed by atoms with Gasteiger partial charge in [0.05, 0.1) is 21.9 Å². The lowest BCUT2D eigenvalue weighted by molar-refractivity contribution is 0.344. The van der Waals surface area contributed by atoms with E-state index in [1.165, 1.54) is 0 Å². The molecule has 0 heterocycles. The van der Waals surface area contributed by atoms with Crippen LogP contribution in [0.2, 0.25) is 10.0 Å². The standard InChI is InChI=1S/C8H6Cl3NO3S/c1-16(13,14)15-12-8(11)7-5(9)3-2-4-6(7)10/h2-4H,1H3/b12-8+. The van der Waals surface area contributed by atoms with E-state index in [0.29, 0.717) is 0 Å². The molecule has 16 heavy (non-hydrogen) atoms. The van der Waals surface area contributed by atoms with Gasteiger partial charge >= 0.3 is 10.1 Å². The van der Waals surface area contributed by atoms with Gasteiger partial charge in [0.1, 0.15) is 0 Å². The quantitative estimate of drug-likeness (QED) is 0.637. The highest BCUT2D eigenvalue weighted by atomic mass is 35.5. The van der Waals surface area contributed by atoms with E-state index in [2.05, 4.69) is 9.44 Å². The SMILES string of the molecule is CS(=O)(=O)O/N=C(/Cl)c1c(Cl)cccc1Cl. The molecule has 0 aliphatic rings. The molecule has 0 unspecified atom stereocenters. The fourth-order valence-electron chi connectivity index (χ4n) is 0.841. The van der Waals surface area contributed by atoms with E-state index in [-0.39, 0.29) is 20.8 Å². The first-order chi connectivity index (χ1) is 7.31. The van der Waals surface area contributed by atoms with E-state index in [1.54, 1.807) is 18.2 Å². The highest BCUT2D eigenvalue weighted by molar-refractivity contribution is 7.85. The van der Waals surface area contributed by atoms with Crippen molar-refractivity contribution in [3.05, 3.63) is 33.8 Å². The summed E-state index contributed by atoms with van der Waals surface area (Å²) in [6.07, 6.45) is 0.842. The first kappa shape index (κ1) is 13.6. The summed E-state index contributed by atoms with van der Waals surface area (Å²) in [4.78, 5) is 0. The molecular weight excluding hydrogens is 297 g/mol. The Bertz CT molecular complexity index is 507. The van der Waals surface area contributed by atoms with E-state index in [9.17, 15) is 8.42 Å². The second-order valence-corrected chi connectivity index (χ2v) is 5.49. The lowest BCUT2D eigenvalue weighted by atomic mass is 10.2. The van der Waals surface area contributed by atoms with Crippen molar-refractivity contribution in [2.75, 3.05) is 6.26 Å². The lowest BCUT2D eigenvalue weighted by Gasteiger charge is -2.03. The highest BCUT2D eigenvalue weighted by Gasteiger charge is 2.12. The first-order valence-electron chi connectivity index (χ1n) is 3.88. The maximum atomic E-state index is 10.7. The van der Waals surface area contributed by atoms with Crippen LogP contribution in [0.1, 0.15) is 5.56 Å². The molecule has 0 N–H and O–H groups in total. The molecule has 4 nitrogen and oxygen atoms in total. The first-order valence-corrected chi connectivity index (χ1v) is 6.83. The van der Waals surface area contributed by atoms with Gasteiger partial charge in [-0.1, -0.05) is 46.0 Å². The molecule has 0 aromatic heterocycles. The Balaban J connectivity index is 3.10. The van der Waals surface area contributed by atoms with Crippen molar-refractivity contribution in [3.63, 3.8) is 0 Å². The number of oxime groups is 1. The van der Waals surface area contributed by atoms with Crippen molar-refractivity contribution in [2.24, 2.45) is 5.16 Å². The monoisotopic (exact) mass is 301 g/mol. The Morgan fingerprint density at radius 2 is 1.81 bits per heavy atom. The smallest absolute Gasteiger partial charge is 0.267 e. The molecule has 0 amide bonds. The number of nitrogens with zero attached hydrogens (tertiary/aromatic N) is 1. The maximum absolute atomic E-state index is 10.7. The van der Waals surface area contributed by atoms with Crippen LogP contribution in [0.4, 0.5) is 0 Å². The number of hydrogen-bond acceptors (Lipinski definition) is 4. The average molecular weight is 303 g/mol. The largest absolute Gasteiger partial charge is 0.325 e. The number of halogens is 3. The molecule has 1 aromatic rings. The molecule has 0 saturated heterocycles. The summed E-state index contributed by atoms with van der Waals surface area (Å²) in [7, 11) is -3.71. The average Bonchev–Trinajstić information content (AvgIpc) is 2.13. The minimum absolute atomic E-state index is 0.219. The fourth-order valence-corrected chi connectivity index (χ4v) is 2.00. The van der Waals surface area contributed by atoms with Gasteiger partial charge in [-0.3, -0.25) is 4.28 Å². The van der Waals surface area contributed by atoms with Gasteiger partial charge in [-0.25, -0.2) is 0 Å². The van der Waals surface area contributed by atoms with Crippen molar-refractivity contribution in [1.29, 1.82) is 0 Å². The lowest BCUT2D eigenvalue weighted by Crippen LogP contribution is -2.01. The molecular formula is C8H6Cl3NO3S. The summed E-state index contributed by atoms with van der Waals surface area (Å²) >= 11 is 17.4. The minimum Gasteiger partial charge on any atom is -0.267 e. The van der Waals surface area contributed by atoms with Crippen molar-refractivity contribution >= 4 is 50.1 Å². The third kappa shape index (κ3) is 3.83. The Labute approximate surface area is 108 Å². The van der Waals surface area contributed by atoms with Crippen LogP contribution in [0.25, 0.3) is 0 Å². The summed E-state index contributed by atoms with van der Waals surface area (Å²) in [5.74, 6) is 0. The van der Waals surface area contributed by atoms with Gasteiger partial charge in [-0.2, -0.15) is 8.42 Å². The molecule has 0 atom stereocenters. The van der Waals surface area contributed by atoms with Crippen LogP contribution < -0.4 is 0 Å². The molecule has 0 saturated carbocycles. The molecule has 0 bridgehead atoms. The van der Waals surface area contributed by atoms with E-state index in [0.717, 1.165) is 6.26 Å². The Morgan fingerprint density at radius 1 is 1.31 bits per heavy atom. The van der Waals surface area contributed by atoms with Gasteiger partial charge < -0.3 is 0 Å². The molecule has 0 aliphatic heterocycles. The van der Waals surface area contributed by atoms with E-state index in [4.69, 9.17) is 34.8 Å². The van der Waals surface area contributed by atoms with Gasteiger partial charge in [-0.05, 0) is 12.1 Å². The van der Waals surface area contributed by atoms with Crippen molar-refractivity contribution in [2.45, 2.75) is 0 Å². The number of benzene rings is 1. The zero-order valence-electron chi connectivity index (χ0n) is 7.95. The third-order valence-electron chi connectivity index (χ3n) is 1.42. The van der Waals surface area contributed by atoms with E-state index < -0.39 is 10.1 Å². The van der Waals surface area contributed by atoms with Gasteiger partial charge in [0.15, 0.2) is 5.17 Å². The van der Waals surface area contributed by atoms with Crippen LogP contribution in [-0.2, 0) is 14.4 Å². The molecule has 0 radical (unpaired) electrons. The molecule has 8 heteroatoms. The predicted octanol–water partition coefficient (Wildman–Crippen LogP) is 2.87. The summed E-state index contributed by atoms with van der Waals surface area (Å²) < 4.78 is 25.5. The number of hydrogen-bond donors (Lipinski definition) is 0. The van der Waals surface area contributed by atoms with E-state index >= 15 is 0 Å². The highest BCUT2D eigenvalue weighted by Crippen LogP contribution is 2.26. The van der Waals surface area contributed by atoms with Crippen LogP contribution in [-0.4, -0.2) is 19.8 Å². The van der Waals surface area contributed by atoms with Crippen molar-refractivity contribution < 1.29 is 12.7 Å². The molecule has 0 fully saturated rings. The van der Waals surface area contributed by atoms with Crippen LogP contribution in [0, 0.1) is 0 Å². The predicted molar refractivity (Wildman–Crippen MR) is 64.8 cm³/mol. The van der Waals surface area contributed by atoms with Gasteiger partial charge in [0.2, 0.25) is 0 Å². The van der Waals surface area contributed by atoms with Crippen molar-refractivity contribution in [3.8, 4) is 0 Å². The van der Waals surface area contributed by atoms with Crippen LogP contribution in [0.15, 0.2) is 23.4 Å². The number of rotatable bonds is 3. The zero-order valence-corrected chi connectivity index (χ0v) is 11.0. The second-order valence-electron chi connectivity index (χ2n) is 2.76. The summed E-state index contributed by atoms with van der Waals surface area (Å²) in [6, 6.07) is 4.71.